The Kier molecular flexibility index (Phi) is 8.43. The SMILES string of the molecule is COC(=O)CCCCCNC(=S)N/N=C\c1cc(Cl)c2c(c1)OCCO2. The first kappa shape index (κ1) is 20.3. The number of benzene rings is 1. The molecule has 1 heterocycles. The van der Waals surface area contributed by atoms with Gasteiger partial charge >= 0.3 is 5.97 Å². The number of hydrogen-bond donors (Lipinski definition) is 2. The first-order chi connectivity index (χ1) is 12.6. The van der Waals surface area contributed by atoms with E-state index in [0.717, 1.165) is 24.8 Å². The lowest BCUT2D eigenvalue weighted by Gasteiger charge is -2.19. The van der Waals surface area contributed by atoms with Crippen LogP contribution >= 0.6 is 23.8 Å². The third kappa shape index (κ3) is 6.68. The van der Waals surface area contributed by atoms with Crippen LogP contribution in [0, 0.1) is 0 Å². The zero-order chi connectivity index (χ0) is 18.8. The number of carbonyl (C=O) groups is 1. The van der Waals surface area contributed by atoms with Crippen molar-refractivity contribution in [3.05, 3.63) is 22.7 Å². The van der Waals surface area contributed by atoms with Crippen LogP contribution < -0.4 is 20.2 Å². The van der Waals surface area contributed by atoms with E-state index >= 15 is 0 Å². The second-order valence-electron chi connectivity index (χ2n) is 5.54. The number of esters is 1. The van der Waals surface area contributed by atoms with Crippen LogP contribution in [0.1, 0.15) is 31.2 Å². The van der Waals surface area contributed by atoms with Gasteiger partial charge in [-0.3, -0.25) is 10.2 Å². The van der Waals surface area contributed by atoms with Crippen molar-refractivity contribution in [1.29, 1.82) is 0 Å². The Hall–Kier alpha value is -2.06. The van der Waals surface area contributed by atoms with Crippen molar-refractivity contribution in [2.45, 2.75) is 25.7 Å². The fraction of sp³-hybridized carbons (Fsp3) is 0.471. The number of nitrogens with one attached hydrogen (secondary N) is 2. The molecule has 142 valence electrons. The number of carbonyl (C=O) groups excluding carboxylic acids is 1. The lowest BCUT2D eigenvalue weighted by atomic mass is 10.2. The third-order valence-electron chi connectivity index (χ3n) is 3.57. The number of halogens is 1. The summed E-state index contributed by atoms with van der Waals surface area (Å²) in [6.07, 6.45) is 4.68. The van der Waals surface area contributed by atoms with Crippen LogP contribution in [0.15, 0.2) is 17.2 Å². The Morgan fingerprint density at radius 2 is 2.15 bits per heavy atom. The molecular formula is C17H22ClN3O4S. The van der Waals surface area contributed by atoms with Crippen LogP contribution in [0.3, 0.4) is 0 Å². The van der Waals surface area contributed by atoms with Crippen molar-refractivity contribution >= 4 is 41.1 Å². The average molecular weight is 400 g/mol. The summed E-state index contributed by atoms with van der Waals surface area (Å²) in [6, 6.07) is 3.56. The van der Waals surface area contributed by atoms with Gasteiger partial charge in [-0.15, -0.1) is 0 Å². The number of methoxy groups -OCH3 is 1. The Labute approximate surface area is 163 Å². The van der Waals surface area contributed by atoms with Crippen molar-refractivity contribution in [3.8, 4) is 11.5 Å². The largest absolute Gasteiger partial charge is 0.486 e. The number of hydrazone groups is 1. The van der Waals surface area contributed by atoms with E-state index in [9.17, 15) is 4.79 Å². The van der Waals surface area contributed by atoms with Gasteiger partial charge in [-0.1, -0.05) is 18.0 Å². The number of nitrogens with zero attached hydrogens (tertiary/aromatic N) is 1. The van der Waals surface area contributed by atoms with Crippen LogP contribution in [-0.4, -0.2) is 44.2 Å². The van der Waals surface area contributed by atoms with E-state index in [2.05, 4.69) is 20.6 Å². The zero-order valence-corrected chi connectivity index (χ0v) is 16.1. The third-order valence-corrected chi connectivity index (χ3v) is 4.09. The number of fused-ring (bicyclic) bond motifs is 1. The van der Waals surface area contributed by atoms with Crippen molar-refractivity contribution in [1.82, 2.24) is 10.7 Å². The molecule has 0 aromatic heterocycles. The summed E-state index contributed by atoms with van der Waals surface area (Å²) in [7, 11) is 1.40. The first-order valence-electron chi connectivity index (χ1n) is 8.33. The lowest BCUT2D eigenvalue weighted by molar-refractivity contribution is -0.140. The van der Waals surface area contributed by atoms with Crippen LogP contribution in [-0.2, 0) is 9.53 Å². The van der Waals surface area contributed by atoms with Crippen LogP contribution in [0.25, 0.3) is 0 Å². The Bertz CT molecular complexity index is 670. The van der Waals surface area contributed by atoms with E-state index < -0.39 is 0 Å². The molecule has 1 aliphatic rings. The highest BCUT2D eigenvalue weighted by Gasteiger charge is 2.16. The molecule has 7 nitrogen and oxygen atoms in total. The topological polar surface area (TPSA) is 81.2 Å². The molecule has 0 saturated carbocycles. The van der Waals surface area contributed by atoms with Gasteiger partial charge in [0.15, 0.2) is 16.6 Å². The molecule has 0 aliphatic carbocycles. The van der Waals surface area contributed by atoms with E-state index in [4.69, 9.17) is 33.3 Å². The van der Waals surface area contributed by atoms with E-state index in [1.54, 1.807) is 12.3 Å². The monoisotopic (exact) mass is 399 g/mol. The molecule has 0 bridgehead atoms. The summed E-state index contributed by atoms with van der Waals surface area (Å²) in [6.45, 7) is 1.69. The second kappa shape index (κ2) is 10.8. The highest BCUT2D eigenvalue weighted by atomic mass is 35.5. The quantitative estimate of drug-likeness (QED) is 0.228. The van der Waals surface area contributed by atoms with Gasteiger partial charge in [0.05, 0.1) is 18.3 Å². The molecule has 26 heavy (non-hydrogen) atoms. The van der Waals surface area contributed by atoms with E-state index in [1.807, 2.05) is 6.07 Å². The predicted octanol–water partition coefficient (Wildman–Crippen LogP) is 2.64. The minimum Gasteiger partial charge on any atom is -0.486 e. The Balaban J connectivity index is 1.67. The molecule has 9 heteroatoms. The summed E-state index contributed by atoms with van der Waals surface area (Å²) < 4.78 is 15.6. The minimum absolute atomic E-state index is 0.177. The van der Waals surface area contributed by atoms with Gasteiger partial charge < -0.3 is 19.5 Å². The summed E-state index contributed by atoms with van der Waals surface area (Å²) in [5, 5.41) is 8.05. The molecule has 0 fully saturated rings. The number of unbranched alkanes of at least 4 members (excludes halogenated alkanes) is 2. The fourth-order valence-corrected chi connectivity index (χ4v) is 2.71. The van der Waals surface area contributed by atoms with Crippen molar-refractivity contribution in [2.24, 2.45) is 5.10 Å². The summed E-state index contributed by atoms with van der Waals surface area (Å²) in [5.74, 6) is 0.994. The standard InChI is InChI=1S/C17H22ClN3O4S/c1-23-15(22)5-3-2-4-6-19-17(26)21-20-11-12-9-13(18)16-14(10-12)24-7-8-25-16/h9-11H,2-8H2,1H3,(H2,19,21,26)/b20-11-. The molecule has 0 saturated heterocycles. The number of hydrogen-bond acceptors (Lipinski definition) is 6. The Morgan fingerprint density at radius 3 is 2.96 bits per heavy atom. The number of thiocarbonyl (C=S) groups is 1. The van der Waals surface area contributed by atoms with Gasteiger partial charge in [-0.25, -0.2) is 0 Å². The minimum atomic E-state index is -0.177. The molecule has 0 radical (unpaired) electrons. The fourth-order valence-electron chi connectivity index (χ4n) is 2.29. The molecule has 1 aromatic rings. The van der Waals surface area contributed by atoms with Gasteiger partial charge in [-0.05, 0) is 42.8 Å². The van der Waals surface area contributed by atoms with E-state index in [-0.39, 0.29) is 5.97 Å². The van der Waals surface area contributed by atoms with Crippen LogP contribution in [0.5, 0.6) is 11.5 Å². The first-order valence-corrected chi connectivity index (χ1v) is 9.11. The van der Waals surface area contributed by atoms with Crippen LogP contribution in [0.2, 0.25) is 5.02 Å². The summed E-state index contributed by atoms with van der Waals surface area (Å²) >= 11 is 11.3. The molecule has 1 aliphatic heterocycles. The molecule has 2 N–H and O–H groups in total. The maximum Gasteiger partial charge on any atom is 0.305 e. The van der Waals surface area contributed by atoms with Crippen molar-refractivity contribution in [3.63, 3.8) is 0 Å². The molecule has 0 unspecified atom stereocenters. The van der Waals surface area contributed by atoms with Gasteiger partial charge in [0.1, 0.15) is 13.2 Å². The van der Waals surface area contributed by atoms with E-state index in [0.29, 0.717) is 47.8 Å². The zero-order valence-electron chi connectivity index (χ0n) is 14.5. The average Bonchev–Trinajstić information content (AvgIpc) is 2.64. The molecule has 1 aromatic carbocycles. The van der Waals surface area contributed by atoms with Gasteiger partial charge in [0.2, 0.25) is 0 Å². The Morgan fingerprint density at radius 1 is 1.35 bits per heavy atom. The second-order valence-corrected chi connectivity index (χ2v) is 6.36. The normalized spacial score (nSPS) is 12.7. The molecule has 0 spiro atoms. The van der Waals surface area contributed by atoms with Crippen molar-refractivity contribution < 1.29 is 19.0 Å². The molecule has 2 rings (SSSR count). The lowest BCUT2D eigenvalue weighted by Crippen LogP contribution is -2.32. The number of ether oxygens (including phenoxy) is 3. The summed E-state index contributed by atoms with van der Waals surface area (Å²) in [5.41, 5.74) is 3.52. The van der Waals surface area contributed by atoms with Crippen LogP contribution in [0.4, 0.5) is 0 Å². The number of rotatable bonds is 8. The van der Waals surface area contributed by atoms with Gasteiger partial charge in [-0.2, -0.15) is 5.10 Å². The van der Waals surface area contributed by atoms with Gasteiger partial charge in [0.25, 0.3) is 0 Å². The smallest absolute Gasteiger partial charge is 0.305 e. The maximum atomic E-state index is 11.0. The predicted molar refractivity (Wildman–Crippen MR) is 104 cm³/mol. The van der Waals surface area contributed by atoms with Crippen molar-refractivity contribution in [2.75, 3.05) is 26.9 Å². The molecule has 0 amide bonds. The maximum absolute atomic E-state index is 11.0. The van der Waals surface area contributed by atoms with E-state index in [1.165, 1.54) is 7.11 Å². The summed E-state index contributed by atoms with van der Waals surface area (Å²) in [4.78, 5) is 11.0. The van der Waals surface area contributed by atoms with Gasteiger partial charge in [0, 0.05) is 13.0 Å². The highest BCUT2D eigenvalue weighted by molar-refractivity contribution is 7.80. The molecular weight excluding hydrogens is 378 g/mol. The highest BCUT2D eigenvalue weighted by Crippen LogP contribution is 2.37. The molecule has 0 atom stereocenters.